The number of amides is 1. The maximum absolute atomic E-state index is 12.0. The van der Waals surface area contributed by atoms with E-state index in [9.17, 15) is 4.79 Å². The first-order chi connectivity index (χ1) is 9.40. The van der Waals surface area contributed by atoms with E-state index in [-0.39, 0.29) is 11.9 Å². The first-order valence-corrected chi connectivity index (χ1v) is 8.36. The molecule has 1 unspecified atom stereocenters. The average molecular weight is 295 g/mol. The summed E-state index contributed by atoms with van der Waals surface area (Å²) in [6.45, 7) is 10.4. The van der Waals surface area contributed by atoms with Crippen LogP contribution in [0.25, 0.3) is 0 Å². The second-order valence-corrected chi connectivity index (χ2v) is 7.00. The Labute approximate surface area is 125 Å². The SMILES string of the molecule is Cc1nc(SCC(=O)NC(C)C(C)C)n(C2CC2)c1C. The van der Waals surface area contributed by atoms with Crippen molar-refractivity contribution in [1.82, 2.24) is 14.9 Å². The van der Waals surface area contributed by atoms with E-state index in [1.165, 1.54) is 18.5 Å². The number of carbonyl (C=O) groups excluding carboxylic acids is 1. The minimum Gasteiger partial charge on any atom is -0.353 e. The molecule has 5 heteroatoms. The lowest BCUT2D eigenvalue weighted by Crippen LogP contribution is -2.37. The molecule has 1 aromatic rings. The van der Waals surface area contributed by atoms with Gasteiger partial charge in [0.05, 0.1) is 11.4 Å². The third-order valence-corrected chi connectivity index (χ3v) is 4.94. The number of carbonyl (C=O) groups is 1. The molecule has 4 nitrogen and oxygen atoms in total. The van der Waals surface area contributed by atoms with Gasteiger partial charge in [-0.05, 0) is 39.5 Å². The molecule has 1 saturated carbocycles. The van der Waals surface area contributed by atoms with E-state index < -0.39 is 0 Å². The van der Waals surface area contributed by atoms with Gasteiger partial charge in [0, 0.05) is 17.8 Å². The van der Waals surface area contributed by atoms with Gasteiger partial charge < -0.3 is 9.88 Å². The zero-order valence-corrected chi connectivity index (χ0v) is 13.9. The van der Waals surface area contributed by atoms with E-state index in [0.29, 0.717) is 17.7 Å². The number of imidazole rings is 1. The van der Waals surface area contributed by atoms with Crippen LogP contribution in [0.3, 0.4) is 0 Å². The summed E-state index contributed by atoms with van der Waals surface area (Å²) in [5, 5.41) is 4.03. The van der Waals surface area contributed by atoms with Gasteiger partial charge in [0.1, 0.15) is 0 Å². The Kier molecular flexibility index (Phi) is 4.78. The fourth-order valence-corrected chi connectivity index (χ4v) is 3.02. The molecule has 1 aliphatic carbocycles. The van der Waals surface area contributed by atoms with Crippen molar-refractivity contribution in [2.24, 2.45) is 5.92 Å². The van der Waals surface area contributed by atoms with Gasteiger partial charge >= 0.3 is 0 Å². The quantitative estimate of drug-likeness (QED) is 0.820. The number of aromatic nitrogens is 2. The Hall–Kier alpha value is -0.970. The van der Waals surface area contributed by atoms with Gasteiger partial charge in [0.25, 0.3) is 0 Å². The van der Waals surface area contributed by atoms with Crippen molar-refractivity contribution >= 4 is 17.7 Å². The Morgan fingerprint density at radius 2 is 2.05 bits per heavy atom. The lowest BCUT2D eigenvalue weighted by Gasteiger charge is -2.17. The minimum atomic E-state index is 0.0943. The molecular formula is C15H25N3OS. The Balaban J connectivity index is 1.94. The molecule has 2 rings (SSSR count). The van der Waals surface area contributed by atoms with Gasteiger partial charge in [0.15, 0.2) is 5.16 Å². The molecule has 20 heavy (non-hydrogen) atoms. The number of hydrogen-bond donors (Lipinski definition) is 1. The van der Waals surface area contributed by atoms with Crippen LogP contribution in [0.2, 0.25) is 0 Å². The predicted molar refractivity (Wildman–Crippen MR) is 83.1 cm³/mol. The molecule has 0 bridgehead atoms. The third kappa shape index (κ3) is 3.57. The lowest BCUT2D eigenvalue weighted by atomic mass is 10.1. The highest BCUT2D eigenvalue weighted by Crippen LogP contribution is 2.39. The number of hydrogen-bond acceptors (Lipinski definition) is 3. The molecule has 112 valence electrons. The number of rotatable bonds is 6. The molecule has 0 saturated heterocycles. The van der Waals surface area contributed by atoms with Crippen molar-refractivity contribution in [2.45, 2.75) is 64.7 Å². The van der Waals surface area contributed by atoms with E-state index in [0.717, 1.165) is 10.9 Å². The van der Waals surface area contributed by atoms with Crippen molar-refractivity contribution in [3.8, 4) is 0 Å². The lowest BCUT2D eigenvalue weighted by molar-refractivity contribution is -0.119. The van der Waals surface area contributed by atoms with Crippen molar-refractivity contribution in [2.75, 3.05) is 5.75 Å². The van der Waals surface area contributed by atoms with Gasteiger partial charge in [-0.1, -0.05) is 25.6 Å². The first-order valence-electron chi connectivity index (χ1n) is 7.37. The number of nitrogens with one attached hydrogen (secondary N) is 1. The van der Waals surface area contributed by atoms with Crippen LogP contribution in [0.4, 0.5) is 0 Å². The number of thioether (sulfide) groups is 1. The fourth-order valence-electron chi connectivity index (χ4n) is 2.05. The molecule has 1 aliphatic rings. The monoisotopic (exact) mass is 295 g/mol. The summed E-state index contributed by atoms with van der Waals surface area (Å²) in [5.41, 5.74) is 2.32. The summed E-state index contributed by atoms with van der Waals surface area (Å²) in [5.74, 6) is 0.999. The molecular weight excluding hydrogens is 270 g/mol. The second kappa shape index (κ2) is 6.20. The van der Waals surface area contributed by atoms with E-state index in [2.05, 4.69) is 35.6 Å². The zero-order chi connectivity index (χ0) is 14.9. The van der Waals surface area contributed by atoms with Crippen LogP contribution in [0.5, 0.6) is 0 Å². The molecule has 1 N–H and O–H groups in total. The van der Waals surface area contributed by atoms with Crippen LogP contribution >= 0.6 is 11.8 Å². The summed E-state index contributed by atoms with van der Waals surface area (Å²) in [7, 11) is 0. The van der Waals surface area contributed by atoms with Gasteiger partial charge in [-0.3, -0.25) is 4.79 Å². The molecule has 1 fully saturated rings. The summed E-state index contributed by atoms with van der Waals surface area (Å²) >= 11 is 1.55. The fraction of sp³-hybridized carbons (Fsp3) is 0.733. The third-order valence-electron chi connectivity index (χ3n) is 3.99. The highest BCUT2D eigenvalue weighted by Gasteiger charge is 2.28. The molecule has 1 amide bonds. The molecule has 0 spiro atoms. The van der Waals surface area contributed by atoms with Crippen molar-refractivity contribution < 1.29 is 4.79 Å². The topological polar surface area (TPSA) is 46.9 Å². The number of nitrogens with zero attached hydrogens (tertiary/aromatic N) is 2. The normalized spacial score (nSPS) is 16.5. The van der Waals surface area contributed by atoms with Crippen molar-refractivity contribution in [3.63, 3.8) is 0 Å². The Morgan fingerprint density at radius 3 is 2.60 bits per heavy atom. The molecule has 1 aromatic heterocycles. The maximum Gasteiger partial charge on any atom is 0.230 e. The van der Waals surface area contributed by atoms with Gasteiger partial charge in [-0.25, -0.2) is 4.98 Å². The van der Waals surface area contributed by atoms with E-state index in [4.69, 9.17) is 0 Å². The highest BCUT2D eigenvalue weighted by molar-refractivity contribution is 7.99. The minimum absolute atomic E-state index is 0.0943. The van der Waals surface area contributed by atoms with E-state index in [1.54, 1.807) is 11.8 Å². The van der Waals surface area contributed by atoms with Crippen molar-refractivity contribution in [1.29, 1.82) is 0 Å². The summed E-state index contributed by atoms with van der Waals surface area (Å²) in [4.78, 5) is 16.6. The van der Waals surface area contributed by atoms with Crippen LogP contribution in [0.1, 0.15) is 51.0 Å². The van der Waals surface area contributed by atoms with Crippen molar-refractivity contribution in [3.05, 3.63) is 11.4 Å². The molecule has 1 heterocycles. The molecule has 1 atom stereocenters. The Morgan fingerprint density at radius 1 is 1.40 bits per heavy atom. The van der Waals surface area contributed by atoms with Crippen LogP contribution in [0, 0.1) is 19.8 Å². The molecule has 0 aromatic carbocycles. The van der Waals surface area contributed by atoms with Crippen LogP contribution in [-0.4, -0.2) is 27.3 Å². The standard InChI is InChI=1S/C15H25N3OS/c1-9(2)10(3)16-14(19)8-20-15-17-11(4)12(5)18(15)13-6-7-13/h9-10,13H,6-8H2,1-5H3,(H,16,19). The summed E-state index contributed by atoms with van der Waals surface area (Å²) < 4.78 is 2.30. The summed E-state index contributed by atoms with van der Waals surface area (Å²) in [6.07, 6.45) is 2.47. The number of aryl methyl sites for hydroxylation is 1. The van der Waals surface area contributed by atoms with Gasteiger partial charge in [0.2, 0.25) is 5.91 Å². The zero-order valence-electron chi connectivity index (χ0n) is 13.1. The van der Waals surface area contributed by atoms with Gasteiger partial charge in [-0.2, -0.15) is 0 Å². The predicted octanol–water partition coefficient (Wildman–Crippen LogP) is 3.09. The average Bonchev–Trinajstić information content (AvgIpc) is 3.15. The van der Waals surface area contributed by atoms with Crippen LogP contribution in [-0.2, 0) is 4.79 Å². The van der Waals surface area contributed by atoms with E-state index in [1.807, 2.05) is 13.8 Å². The largest absolute Gasteiger partial charge is 0.353 e. The summed E-state index contributed by atoms with van der Waals surface area (Å²) in [6, 6.07) is 0.825. The smallest absolute Gasteiger partial charge is 0.230 e. The maximum atomic E-state index is 12.0. The van der Waals surface area contributed by atoms with Crippen LogP contribution < -0.4 is 5.32 Å². The molecule has 0 radical (unpaired) electrons. The molecule has 0 aliphatic heterocycles. The van der Waals surface area contributed by atoms with Crippen LogP contribution in [0.15, 0.2) is 5.16 Å². The first kappa shape index (κ1) is 15.4. The van der Waals surface area contributed by atoms with E-state index >= 15 is 0 Å². The van der Waals surface area contributed by atoms with Gasteiger partial charge in [-0.15, -0.1) is 0 Å². The second-order valence-electron chi connectivity index (χ2n) is 6.06. The Bertz CT molecular complexity index is 492. The highest BCUT2D eigenvalue weighted by atomic mass is 32.2.